The monoisotopic (exact) mass is 535 g/mol. The van der Waals surface area contributed by atoms with Gasteiger partial charge in [-0.05, 0) is 73.9 Å². The van der Waals surface area contributed by atoms with Gasteiger partial charge >= 0.3 is 0 Å². The molecule has 3 aromatic carbocycles. The highest BCUT2D eigenvalue weighted by atomic mass is 35.5. The van der Waals surface area contributed by atoms with Crippen molar-refractivity contribution in [3.05, 3.63) is 93.5 Å². The van der Waals surface area contributed by atoms with Gasteiger partial charge < -0.3 is 24.2 Å². The smallest absolute Gasteiger partial charge is 0.295 e. The molecule has 0 bridgehead atoms. The summed E-state index contributed by atoms with van der Waals surface area (Å²) in [6.07, 6.45) is 0.0267. The number of aliphatic hydroxyl groups is 1. The lowest BCUT2D eigenvalue weighted by atomic mass is 9.94. The zero-order chi connectivity index (χ0) is 27.6. The number of rotatable bonds is 8. The SMILES string of the molecule is COc1cccc(C2/C(=C(\O)c3cc(C)cc(Cl)c3OC)C(=O)C(=O)N2Cc2ccc(OC(C)C)cc2)c1. The molecule has 1 heterocycles. The van der Waals surface area contributed by atoms with E-state index in [1.165, 1.54) is 19.1 Å². The Hall–Kier alpha value is -3.97. The van der Waals surface area contributed by atoms with Crippen molar-refractivity contribution in [3.63, 3.8) is 0 Å². The summed E-state index contributed by atoms with van der Waals surface area (Å²) in [4.78, 5) is 28.3. The molecule has 0 aromatic heterocycles. The number of nitrogens with zero attached hydrogens (tertiary/aromatic N) is 1. The topological polar surface area (TPSA) is 85.3 Å². The predicted octanol–water partition coefficient (Wildman–Crippen LogP) is 6.07. The fraction of sp³-hybridized carbons (Fsp3) is 0.267. The third-order valence-corrected chi connectivity index (χ3v) is 6.53. The van der Waals surface area contributed by atoms with Gasteiger partial charge in [-0.2, -0.15) is 0 Å². The summed E-state index contributed by atoms with van der Waals surface area (Å²) < 4.78 is 16.6. The van der Waals surface area contributed by atoms with E-state index in [4.69, 9.17) is 25.8 Å². The van der Waals surface area contributed by atoms with Gasteiger partial charge in [0.1, 0.15) is 23.0 Å². The maximum Gasteiger partial charge on any atom is 0.295 e. The molecule has 3 aromatic rings. The van der Waals surface area contributed by atoms with Crippen LogP contribution in [0.2, 0.25) is 5.02 Å². The van der Waals surface area contributed by atoms with Crippen LogP contribution in [0.4, 0.5) is 0 Å². The molecule has 38 heavy (non-hydrogen) atoms. The van der Waals surface area contributed by atoms with Crippen LogP contribution in [0.15, 0.2) is 66.2 Å². The van der Waals surface area contributed by atoms with Gasteiger partial charge in [-0.1, -0.05) is 35.9 Å². The number of ether oxygens (including phenoxy) is 3. The number of methoxy groups -OCH3 is 2. The molecule has 7 nitrogen and oxygen atoms in total. The van der Waals surface area contributed by atoms with Crippen molar-refractivity contribution < 1.29 is 28.9 Å². The van der Waals surface area contributed by atoms with E-state index in [2.05, 4.69) is 0 Å². The fourth-order valence-corrected chi connectivity index (χ4v) is 4.95. The molecule has 1 fully saturated rings. The summed E-state index contributed by atoms with van der Waals surface area (Å²) in [7, 11) is 2.97. The molecule has 1 aliphatic heterocycles. The number of benzene rings is 3. The molecule has 8 heteroatoms. The number of amides is 1. The quantitative estimate of drug-likeness (QED) is 0.214. The summed E-state index contributed by atoms with van der Waals surface area (Å²) in [6.45, 7) is 5.83. The van der Waals surface area contributed by atoms with Gasteiger partial charge in [0.15, 0.2) is 0 Å². The molecule has 1 N–H and O–H groups in total. The van der Waals surface area contributed by atoms with Crippen LogP contribution < -0.4 is 14.2 Å². The largest absolute Gasteiger partial charge is 0.507 e. The molecule has 0 spiro atoms. The van der Waals surface area contributed by atoms with Gasteiger partial charge in [-0.3, -0.25) is 9.59 Å². The van der Waals surface area contributed by atoms with Crippen LogP contribution in [-0.2, 0) is 16.1 Å². The molecule has 0 saturated carbocycles. The van der Waals surface area contributed by atoms with E-state index < -0.39 is 17.7 Å². The number of aryl methyl sites for hydroxylation is 1. The van der Waals surface area contributed by atoms with E-state index in [1.807, 2.05) is 45.0 Å². The molecule has 0 aliphatic carbocycles. The molecule has 1 atom stereocenters. The standard InChI is InChI=1S/C30H30ClNO6/c1-17(2)38-21-11-9-19(10-12-21)16-32-26(20-7-6-8-22(15-20)36-4)25(28(34)30(32)35)27(33)23-13-18(3)14-24(31)29(23)37-5/h6-15,17,26,33H,16H2,1-5H3/b27-25+. The second-order valence-electron chi connectivity index (χ2n) is 9.34. The van der Waals surface area contributed by atoms with E-state index in [-0.39, 0.29) is 40.3 Å². The number of likely N-dealkylation sites (tertiary alicyclic amines) is 1. The van der Waals surface area contributed by atoms with Crippen LogP contribution in [-0.4, -0.2) is 42.0 Å². The zero-order valence-corrected chi connectivity index (χ0v) is 22.7. The van der Waals surface area contributed by atoms with Crippen LogP contribution in [0.1, 0.15) is 42.1 Å². The van der Waals surface area contributed by atoms with Gasteiger partial charge in [0.25, 0.3) is 11.7 Å². The summed E-state index contributed by atoms with van der Waals surface area (Å²) in [5.41, 5.74) is 2.35. The Morgan fingerprint density at radius 2 is 1.71 bits per heavy atom. The maximum absolute atomic E-state index is 13.5. The number of hydrogen-bond acceptors (Lipinski definition) is 6. The third-order valence-electron chi connectivity index (χ3n) is 6.24. The van der Waals surface area contributed by atoms with Crippen LogP contribution in [0.25, 0.3) is 5.76 Å². The summed E-state index contributed by atoms with van der Waals surface area (Å²) in [6, 6.07) is 16.9. The minimum atomic E-state index is -0.874. The van der Waals surface area contributed by atoms with E-state index >= 15 is 0 Å². The first kappa shape index (κ1) is 27.1. The number of Topliss-reactive ketones (excluding diaryl/α,β-unsaturated/α-hetero) is 1. The second-order valence-corrected chi connectivity index (χ2v) is 9.75. The lowest BCUT2D eigenvalue weighted by Crippen LogP contribution is -2.29. The lowest BCUT2D eigenvalue weighted by molar-refractivity contribution is -0.140. The Bertz CT molecular complexity index is 1400. The molecule has 4 rings (SSSR count). The summed E-state index contributed by atoms with van der Waals surface area (Å²) in [5.74, 6) is -0.403. The zero-order valence-electron chi connectivity index (χ0n) is 21.9. The second kappa shape index (κ2) is 11.2. The molecule has 1 aliphatic rings. The van der Waals surface area contributed by atoms with Crippen molar-refractivity contribution in [2.45, 2.75) is 39.5 Å². The highest BCUT2D eigenvalue weighted by molar-refractivity contribution is 6.46. The Morgan fingerprint density at radius 3 is 2.34 bits per heavy atom. The lowest BCUT2D eigenvalue weighted by Gasteiger charge is -2.26. The number of carbonyl (C=O) groups excluding carboxylic acids is 2. The van der Waals surface area contributed by atoms with Gasteiger partial charge in [0.2, 0.25) is 0 Å². The van der Waals surface area contributed by atoms with E-state index in [1.54, 1.807) is 36.4 Å². The van der Waals surface area contributed by atoms with Crippen molar-refractivity contribution in [3.8, 4) is 17.2 Å². The summed E-state index contributed by atoms with van der Waals surface area (Å²) >= 11 is 6.38. The van der Waals surface area contributed by atoms with E-state index in [9.17, 15) is 14.7 Å². The summed E-state index contributed by atoms with van der Waals surface area (Å²) in [5, 5.41) is 11.8. The Kier molecular flexibility index (Phi) is 7.97. The minimum Gasteiger partial charge on any atom is -0.507 e. The number of hydrogen-bond donors (Lipinski definition) is 1. The third kappa shape index (κ3) is 5.34. The number of halogens is 1. The fourth-order valence-electron chi connectivity index (χ4n) is 4.60. The van der Waals surface area contributed by atoms with Gasteiger partial charge in [0, 0.05) is 6.54 Å². The van der Waals surface area contributed by atoms with Crippen LogP contribution in [0.5, 0.6) is 17.2 Å². The average Bonchev–Trinajstić information content (AvgIpc) is 3.13. The van der Waals surface area contributed by atoms with Gasteiger partial charge in [-0.25, -0.2) is 0 Å². The van der Waals surface area contributed by atoms with Crippen molar-refractivity contribution in [1.29, 1.82) is 0 Å². The molecule has 1 amide bonds. The number of carbonyl (C=O) groups is 2. The predicted molar refractivity (Wildman–Crippen MR) is 146 cm³/mol. The van der Waals surface area contributed by atoms with Gasteiger partial charge in [0.05, 0.1) is 42.5 Å². The van der Waals surface area contributed by atoms with E-state index in [0.717, 1.165) is 11.1 Å². The van der Waals surface area contributed by atoms with Crippen LogP contribution in [0.3, 0.4) is 0 Å². The Labute approximate surface area is 227 Å². The number of aliphatic hydroxyl groups excluding tert-OH is 1. The Morgan fingerprint density at radius 1 is 1.00 bits per heavy atom. The molecule has 1 unspecified atom stereocenters. The molecule has 198 valence electrons. The first-order chi connectivity index (χ1) is 18.1. The highest BCUT2D eigenvalue weighted by Gasteiger charge is 2.46. The van der Waals surface area contributed by atoms with Crippen molar-refractivity contribution in [2.24, 2.45) is 0 Å². The first-order valence-corrected chi connectivity index (χ1v) is 12.5. The maximum atomic E-state index is 13.5. The molecular weight excluding hydrogens is 506 g/mol. The molecule has 0 radical (unpaired) electrons. The number of ketones is 1. The Balaban J connectivity index is 1.86. The van der Waals surface area contributed by atoms with Crippen molar-refractivity contribution in [2.75, 3.05) is 14.2 Å². The highest BCUT2D eigenvalue weighted by Crippen LogP contribution is 2.43. The van der Waals surface area contributed by atoms with Crippen molar-refractivity contribution >= 4 is 29.1 Å². The molecular formula is C30H30ClNO6. The van der Waals surface area contributed by atoms with Crippen molar-refractivity contribution in [1.82, 2.24) is 4.90 Å². The van der Waals surface area contributed by atoms with Crippen LogP contribution >= 0.6 is 11.6 Å². The van der Waals surface area contributed by atoms with Gasteiger partial charge in [-0.15, -0.1) is 0 Å². The molecule has 1 saturated heterocycles. The van der Waals surface area contributed by atoms with Crippen LogP contribution in [0, 0.1) is 6.92 Å². The first-order valence-electron chi connectivity index (χ1n) is 12.2. The minimum absolute atomic E-state index is 0.0267. The van der Waals surface area contributed by atoms with E-state index in [0.29, 0.717) is 17.1 Å². The average molecular weight is 536 g/mol. The normalized spacial score (nSPS) is 16.7.